The minimum Gasteiger partial charge on any atom is -0.0917 e. The van der Waals surface area contributed by atoms with E-state index in [1.165, 1.54) is 6.42 Å². The Balaban J connectivity index is 1.61. The second-order valence-corrected chi connectivity index (χ2v) is 6.88. The summed E-state index contributed by atoms with van der Waals surface area (Å²) in [7, 11) is 0. The Morgan fingerprint density at radius 2 is 2.00 bits per heavy atom. The average Bonchev–Trinajstić information content (AvgIpc) is 2.29. The molecule has 0 radical (unpaired) electrons. The van der Waals surface area contributed by atoms with Crippen LogP contribution >= 0.6 is 0 Å². The lowest BCUT2D eigenvalue weighted by Gasteiger charge is -2.87. The second kappa shape index (κ2) is 3.28. The lowest BCUT2D eigenvalue weighted by molar-refractivity contribution is -0.384. The molecular weight excluding hydrogens is 204 g/mol. The van der Waals surface area contributed by atoms with E-state index in [2.05, 4.69) is 38.2 Å². The predicted molar refractivity (Wildman–Crippen MR) is 71.5 cm³/mol. The van der Waals surface area contributed by atoms with Gasteiger partial charge in [-0.25, -0.2) is 0 Å². The molecule has 2 bridgehead atoms. The van der Waals surface area contributed by atoms with Crippen molar-refractivity contribution in [3.05, 3.63) is 24.3 Å². The Morgan fingerprint density at radius 1 is 1.12 bits per heavy atom. The van der Waals surface area contributed by atoms with Crippen LogP contribution in [0.2, 0.25) is 0 Å². The van der Waals surface area contributed by atoms with E-state index in [-0.39, 0.29) is 0 Å². The van der Waals surface area contributed by atoms with E-state index in [9.17, 15) is 0 Å². The van der Waals surface area contributed by atoms with E-state index in [1.807, 2.05) is 0 Å². The zero-order valence-electron chi connectivity index (χ0n) is 11.1. The maximum absolute atomic E-state index is 2.55. The average molecular weight is 228 g/mol. The van der Waals surface area contributed by atoms with Gasteiger partial charge in [0.2, 0.25) is 0 Å². The number of allylic oxidation sites excluding steroid dienone is 4. The molecule has 0 saturated heterocycles. The van der Waals surface area contributed by atoms with Crippen molar-refractivity contribution < 1.29 is 0 Å². The van der Waals surface area contributed by atoms with Crippen LogP contribution in [0.25, 0.3) is 0 Å². The Labute approximate surface area is 105 Å². The first kappa shape index (κ1) is 10.4. The highest BCUT2D eigenvalue weighted by atomic mass is 14.9. The highest BCUT2D eigenvalue weighted by molar-refractivity contribution is 5.33. The highest BCUT2D eigenvalue weighted by Gasteiger charge is 2.82. The van der Waals surface area contributed by atoms with Gasteiger partial charge in [0.1, 0.15) is 0 Å². The lowest BCUT2D eigenvalue weighted by atomic mass is 9.17. The molecular formula is C17H24. The molecule has 5 saturated carbocycles. The van der Waals surface area contributed by atoms with Gasteiger partial charge in [0, 0.05) is 0 Å². The summed E-state index contributed by atoms with van der Waals surface area (Å²) in [6.45, 7) is 4.37. The molecule has 92 valence electrons. The fourth-order valence-corrected chi connectivity index (χ4v) is 6.57. The van der Waals surface area contributed by atoms with Crippen molar-refractivity contribution in [2.75, 3.05) is 0 Å². The Kier molecular flexibility index (Phi) is 2.00. The molecule has 0 aromatic rings. The Bertz CT molecular complexity index is 391. The van der Waals surface area contributed by atoms with Crippen molar-refractivity contribution in [1.82, 2.24) is 0 Å². The van der Waals surface area contributed by atoms with Gasteiger partial charge in [0.05, 0.1) is 0 Å². The summed E-state index contributed by atoms with van der Waals surface area (Å²) >= 11 is 0. The van der Waals surface area contributed by atoms with Gasteiger partial charge in [0.25, 0.3) is 0 Å². The number of fused-ring (bicyclic) bond motifs is 1. The smallest absolute Gasteiger partial charge is 0.0160 e. The summed E-state index contributed by atoms with van der Waals surface area (Å²) in [6.07, 6.45) is 15.6. The summed E-state index contributed by atoms with van der Waals surface area (Å²) in [4.78, 5) is 0. The molecule has 0 aromatic carbocycles. The van der Waals surface area contributed by atoms with E-state index in [0.717, 1.165) is 40.9 Å². The third-order valence-electron chi connectivity index (χ3n) is 6.77. The molecule has 5 aliphatic rings. The highest BCUT2D eigenvalue weighted by Crippen LogP contribution is 2.87. The molecule has 7 atom stereocenters. The quantitative estimate of drug-likeness (QED) is 0.627. The van der Waals surface area contributed by atoms with Crippen LogP contribution in [0.15, 0.2) is 24.3 Å². The fraction of sp³-hybridized carbons (Fsp3) is 0.765. The zero-order chi connectivity index (χ0) is 11.6. The predicted octanol–water partition coefficient (Wildman–Crippen LogP) is 4.44. The van der Waals surface area contributed by atoms with Crippen LogP contribution in [0.3, 0.4) is 0 Å². The van der Waals surface area contributed by atoms with Gasteiger partial charge in [-0.05, 0) is 80.5 Å². The molecule has 7 unspecified atom stereocenters. The topological polar surface area (TPSA) is 0 Å². The summed E-state index contributed by atoms with van der Waals surface area (Å²) in [6, 6.07) is 0. The Hall–Kier alpha value is -0.520. The van der Waals surface area contributed by atoms with Gasteiger partial charge in [-0.3, -0.25) is 0 Å². The second-order valence-electron chi connectivity index (χ2n) is 6.88. The molecule has 0 aliphatic heterocycles. The lowest BCUT2D eigenvalue weighted by Crippen LogP contribution is -2.82. The first-order valence-electron chi connectivity index (χ1n) is 7.58. The third kappa shape index (κ3) is 0.948. The van der Waals surface area contributed by atoms with Gasteiger partial charge in [-0.1, -0.05) is 24.3 Å². The molecule has 0 heterocycles. The summed E-state index contributed by atoms with van der Waals surface area (Å²) in [5.41, 5.74) is 0.874. The minimum atomic E-state index is 0.874. The van der Waals surface area contributed by atoms with E-state index in [1.54, 1.807) is 19.3 Å². The van der Waals surface area contributed by atoms with Crippen molar-refractivity contribution in [3.8, 4) is 0 Å². The SMILES string of the molecule is C/C=C/CC1C2CCC3CC24C3C(/C=C/C)C14. The molecule has 5 rings (SSSR count). The van der Waals surface area contributed by atoms with Crippen LogP contribution in [0.5, 0.6) is 0 Å². The summed E-state index contributed by atoms with van der Waals surface area (Å²) in [5, 5.41) is 0. The van der Waals surface area contributed by atoms with Gasteiger partial charge in [-0.15, -0.1) is 0 Å². The van der Waals surface area contributed by atoms with E-state index < -0.39 is 0 Å². The van der Waals surface area contributed by atoms with Gasteiger partial charge in [-0.2, -0.15) is 0 Å². The van der Waals surface area contributed by atoms with Gasteiger partial charge < -0.3 is 0 Å². The van der Waals surface area contributed by atoms with Crippen LogP contribution in [0, 0.1) is 40.9 Å². The van der Waals surface area contributed by atoms with E-state index in [0.29, 0.717) is 0 Å². The molecule has 0 heteroatoms. The molecule has 0 amide bonds. The van der Waals surface area contributed by atoms with Crippen molar-refractivity contribution >= 4 is 0 Å². The molecule has 5 aliphatic carbocycles. The van der Waals surface area contributed by atoms with Crippen molar-refractivity contribution in [3.63, 3.8) is 0 Å². The zero-order valence-corrected chi connectivity index (χ0v) is 11.1. The van der Waals surface area contributed by atoms with Crippen LogP contribution in [-0.4, -0.2) is 0 Å². The van der Waals surface area contributed by atoms with E-state index in [4.69, 9.17) is 0 Å². The van der Waals surface area contributed by atoms with Crippen LogP contribution in [-0.2, 0) is 0 Å². The third-order valence-corrected chi connectivity index (χ3v) is 6.77. The minimum absolute atomic E-state index is 0.874. The van der Waals surface area contributed by atoms with Crippen LogP contribution < -0.4 is 0 Å². The monoisotopic (exact) mass is 228 g/mol. The van der Waals surface area contributed by atoms with Gasteiger partial charge in [0.15, 0.2) is 0 Å². The van der Waals surface area contributed by atoms with Crippen molar-refractivity contribution in [2.45, 2.75) is 39.5 Å². The van der Waals surface area contributed by atoms with Crippen molar-refractivity contribution in [1.29, 1.82) is 0 Å². The molecule has 0 nitrogen and oxygen atoms in total. The maximum Gasteiger partial charge on any atom is -0.0160 e. The number of hydrogen-bond acceptors (Lipinski definition) is 0. The van der Waals surface area contributed by atoms with Crippen LogP contribution in [0.1, 0.15) is 39.5 Å². The summed E-state index contributed by atoms with van der Waals surface area (Å²) in [5.74, 6) is 6.41. The Morgan fingerprint density at radius 3 is 2.76 bits per heavy atom. The first-order valence-corrected chi connectivity index (χ1v) is 7.58. The number of hydrogen-bond donors (Lipinski definition) is 0. The van der Waals surface area contributed by atoms with Crippen LogP contribution in [0.4, 0.5) is 0 Å². The van der Waals surface area contributed by atoms with Crippen molar-refractivity contribution in [2.24, 2.45) is 40.9 Å². The molecule has 17 heavy (non-hydrogen) atoms. The molecule has 1 spiro atoms. The molecule has 5 fully saturated rings. The molecule has 0 N–H and O–H groups in total. The largest absolute Gasteiger partial charge is 0.0917 e. The first-order chi connectivity index (χ1) is 8.34. The number of rotatable bonds is 3. The normalized spacial score (nSPS) is 58.5. The standard InChI is InChI=1S/C17H24/c1-3-5-7-12-14-9-8-11-10-17(14)15(11)13(6-4-2)16(12)17/h3-6,11-16H,7-10H2,1-2H3/b5-3+,6-4+. The molecule has 0 aromatic heterocycles. The van der Waals surface area contributed by atoms with E-state index >= 15 is 0 Å². The fourth-order valence-electron chi connectivity index (χ4n) is 6.57. The van der Waals surface area contributed by atoms with Gasteiger partial charge >= 0.3 is 0 Å². The maximum atomic E-state index is 2.55. The summed E-state index contributed by atoms with van der Waals surface area (Å²) < 4.78 is 0.